The van der Waals surface area contributed by atoms with Crippen LogP contribution in [0.3, 0.4) is 0 Å². The molecule has 6 heteroatoms. The first-order chi connectivity index (χ1) is 10.1. The largest absolute Gasteiger partial charge is 0.464 e. The standard InChI is InChI=1S/C15H17N3O3/c1-18-7-6-12(14(18)19)17-15(20)16-8-10-9-21-13-5-3-2-4-11(10)13/h2-5,9,12H,6-8H2,1H3,(H2,16,17,20)/t12-/m1/s1. The lowest BCUT2D eigenvalue weighted by atomic mass is 10.2. The zero-order chi connectivity index (χ0) is 14.8. The van der Waals surface area contributed by atoms with Gasteiger partial charge in [0.15, 0.2) is 0 Å². The minimum absolute atomic E-state index is 0.0427. The molecule has 3 amide bonds. The second-order valence-corrected chi connectivity index (χ2v) is 5.19. The number of furan rings is 1. The predicted octanol–water partition coefficient (Wildman–Crippen LogP) is 1.46. The van der Waals surface area contributed by atoms with E-state index in [1.807, 2.05) is 24.3 Å². The van der Waals surface area contributed by atoms with Crippen LogP contribution in [0.1, 0.15) is 12.0 Å². The van der Waals surface area contributed by atoms with Crippen molar-refractivity contribution in [3.05, 3.63) is 36.1 Å². The molecule has 1 aliphatic rings. The molecule has 0 aliphatic carbocycles. The third kappa shape index (κ3) is 2.69. The van der Waals surface area contributed by atoms with Crippen LogP contribution in [-0.2, 0) is 11.3 Å². The van der Waals surface area contributed by atoms with Gasteiger partial charge in [-0.15, -0.1) is 0 Å². The van der Waals surface area contributed by atoms with E-state index in [9.17, 15) is 9.59 Å². The van der Waals surface area contributed by atoms with Crippen molar-refractivity contribution in [2.24, 2.45) is 0 Å². The summed E-state index contributed by atoms with van der Waals surface area (Å²) >= 11 is 0. The number of likely N-dealkylation sites (N-methyl/N-ethyl adjacent to an activating group) is 1. The van der Waals surface area contributed by atoms with Gasteiger partial charge in [0, 0.05) is 31.1 Å². The molecule has 2 aromatic rings. The Bertz CT molecular complexity index is 680. The van der Waals surface area contributed by atoms with E-state index in [0.717, 1.165) is 16.5 Å². The first-order valence-electron chi connectivity index (χ1n) is 6.89. The van der Waals surface area contributed by atoms with Crippen molar-refractivity contribution in [2.45, 2.75) is 19.0 Å². The van der Waals surface area contributed by atoms with E-state index in [1.54, 1.807) is 18.2 Å². The van der Waals surface area contributed by atoms with E-state index in [1.165, 1.54) is 0 Å². The van der Waals surface area contributed by atoms with Gasteiger partial charge in [0.1, 0.15) is 11.6 Å². The number of carbonyl (C=O) groups is 2. The highest BCUT2D eigenvalue weighted by Gasteiger charge is 2.30. The van der Waals surface area contributed by atoms with Gasteiger partial charge in [-0.3, -0.25) is 4.79 Å². The Morgan fingerprint density at radius 2 is 2.24 bits per heavy atom. The van der Waals surface area contributed by atoms with Crippen molar-refractivity contribution in [1.82, 2.24) is 15.5 Å². The van der Waals surface area contributed by atoms with Crippen LogP contribution in [0.2, 0.25) is 0 Å². The summed E-state index contributed by atoms with van der Waals surface area (Å²) in [5, 5.41) is 6.44. The van der Waals surface area contributed by atoms with E-state index in [0.29, 0.717) is 19.5 Å². The maximum absolute atomic E-state index is 11.9. The molecule has 2 heterocycles. The average molecular weight is 287 g/mol. The van der Waals surface area contributed by atoms with Gasteiger partial charge in [-0.25, -0.2) is 4.79 Å². The molecular weight excluding hydrogens is 270 g/mol. The smallest absolute Gasteiger partial charge is 0.315 e. The lowest BCUT2D eigenvalue weighted by Crippen LogP contribution is -2.45. The fraction of sp³-hybridized carbons (Fsp3) is 0.333. The third-order valence-corrected chi connectivity index (χ3v) is 3.73. The second kappa shape index (κ2) is 5.47. The van der Waals surface area contributed by atoms with Gasteiger partial charge in [-0.2, -0.15) is 0 Å². The number of nitrogens with one attached hydrogen (secondary N) is 2. The fourth-order valence-corrected chi connectivity index (χ4v) is 2.51. The number of hydrogen-bond donors (Lipinski definition) is 2. The van der Waals surface area contributed by atoms with Gasteiger partial charge < -0.3 is 20.0 Å². The van der Waals surface area contributed by atoms with Gasteiger partial charge in [-0.1, -0.05) is 18.2 Å². The second-order valence-electron chi connectivity index (χ2n) is 5.19. The summed E-state index contributed by atoms with van der Waals surface area (Å²) in [6.07, 6.45) is 2.29. The van der Waals surface area contributed by atoms with E-state index in [-0.39, 0.29) is 11.9 Å². The molecule has 0 radical (unpaired) electrons. The maximum atomic E-state index is 11.9. The summed E-state index contributed by atoms with van der Waals surface area (Å²) in [6.45, 7) is 1.04. The van der Waals surface area contributed by atoms with Gasteiger partial charge in [-0.05, 0) is 12.5 Å². The van der Waals surface area contributed by atoms with Gasteiger partial charge >= 0.3 is 6.03 Å². The molecule has 1 aromatic heterocycles. The minimum atomic E-state index is -0.420. The van der Waals surface area contributed by atoms with Crippen LogP contribution in [-0.4, -0.2) is 36.5 Å². The molecule has 0 spiro atoms. The average Bonchev–Trinajstić information content (AvgIpc) is 3.04. The highest BCUT2D eigenvalue weighted by atomic mass is 16.3. The predicted molar refractivity (Wildman–Crippen MR) is 77.6 cm³/mol. The summed E-state index contributed by atoms with van der Waals surface area (Å²) in [5.74, 6) is -0.0427. The highest BCUT2D eigenvalue weighted by Crippen LogP contribution is 2.20. The first kappa shape index (κ1) is 13.5. The summed E-state index contributed by atoms with van der Waals surface area (Å²) in [6, 6.07) is 6.90. The fourth-order valence-electron chi connectivity index (χ4n) is 2.51. The minimum Gasteiger partial charge on any atom is -0.464 e. The number of benzene rings is 1. The highest BCUT2D eigenvalue weighted by molar-refractivity contribution is 5.88. The Balaban J connectivity index is 1.58. The summed E-state index contributed by atoms with van der Waals surface area (Å²) in [7, 11) is 1.74. The number of urea groups is 1. The number of rotatable bonds is 3. The molecule has 0 bridgehead atoms. The lowest BCUT2D eigenvalue weighted by Gasteiger charge is -2.12. The monoisotopic (exact) mass is 287 g/mol. The Kier molecular flexibility index (Phi) is 3.51. The molecule has 1 aromatic carbocycles. The van der Waals surface area contributed by atoms with Crippen LogP contribution in [0.25, 0.3) is 11.0 Å². The van der Waals surface area contributed by atoms with Crippen molar-refractivity contribution in [2.75, 3.05) is 13.6 Å². The summed E-state index contributed by atoms with van der Waals surface area (Å²) in [4.78, 5) is 25.2. The molecule has 1 fully saturated rings. The zero-order valence-corrected chi connectivity index (χ0v) is 11.8. The Hall–Kier alpha value is -2.50. The number of likely N-dealkylation sites (tertiary alicyclic amines) is 1. The molecule has 6 nitrogen and oxygen atoms in total. The van der Waals surface area contributed by atoms with Crippen LogP contribution < -0.4 is 10.6 Å². The number of carbonyl (C=O) groups excluding carboxylic acids is 2. The molecule has 1 atom stereocenters. The van der Waals surface area contributed by atoms with E-state index >= 15 is 0 Å². The van der Waals surface area contributed by atoms with E-state index < -0.39 is 6.04 Å². The Morgan fingerprint density at radius 1 is 1.43 bits per heavy atom. The Morgan fingerprint density at radius 3 is 3.00 bits per heavy atom. The van der Waals surface area contributed by atoms with Crippen molar-refractivity contribution >= 4 is 22.9 Å². The van der Waals surface area contributed by atoms with Crippen molar-refractivity contribution < 1.29 is 14.0 Å². The topological polar surface area (TPSA) is 74.6 Å². The molecular formula is C15H17N3O3. The summed E-state index contributed by atoms with van der Waals surface area (Å²) in [5.41, 5.74) is 1.71. The van der Waals surface area contributed by atoms with Crippen LogP contribution in [0, 0.1) is 0 Å². The molecule has 21 heavy (non-hydrogen) atoms. The van der Waals surface area contributed by atoms with Gasteiger partial charge in [0.25, 0.3) is 0 Å². The van der Waals surface area contributed by atoms with Gasteiger partial charge in [0.2, 0.25) is 5.91 Å². The zero-order valence-electron chi connectivity index (χ0n) is 11.8. The van der Waals surface area contributed by atoms with Crippen molar-refractivity contribution in [1.29, 1.82) is 0 Å². The number of fused-ring (bicyclic) bond motifs is 1. The molecule has 0 unspecified atom stereocenters. The number of nitrogens with zero attached hydrogens (tertiary/aromatic N) is 1. The van der Waals surface area contributed by atoms with E-state index in [2.05, 4.69) is 10.6 Å². The van der Waals surface area contributed by atoms with Crippen LogP contribution in [0.15, 0.2) is 34.9 Å². The lowest BCUT2D eigenvalue weighted by molar-refractivity contribution is -0.128. The molecule has 3 rings (SSSR count). The van der Waals surface area contributed by atoms with E-state index in [4.69, 9.17) is 4.42 Å². The van der Waals surface area contributed by atoms with Crippen molar-refractivity contribution in [3.63, 3.8) is 0 Å². The quantitative estimate of drug-likeness (QED) is 0.897. The first-order valence-corrected chi connectivity index (χ1v) is 6.89. The maximum Gasteiger partial charge on any atom is 0.315 e. The van der Waals surface area contributed by atoms with Crippen LogP contribution in [0.5, 0.6) is 0 Å². The molecule has 1 saturated heterocycles. The normalized spacial score (nSPS) is 18.2. The molecule has 0 saturated carbocycles. The molecule has 2 N–H and O–H groups in total. The Labute approximate surface area is 122 Å². The van der Waals surface area contributed by atoms with Crippen LogP contribution in [0.4, 0.5) is 4.79 Å². The third-order valence-electron chi connectivity index (χ3n) is 3.73. The summed E-state index contributed by atoms with van der Waals surface area (Å²) < 4.78 is 5.41. The van der Waals surface area contributed by atoms with Gasteiger partial charge in [0.05, 0.1) is 6.26 Å². The van der Waals surface area contributed by atoms with Crippen molar-refractivity contribution in [3.8, 4) is 0 Å². The SMILES string of the molecule is CN1CC[C@@H](NC(=O)NCc2coc3ccccc23)C1=O. The number of amides is 3. The molecule has 110 valence electrons. The number of hydrogen-bond acceptors (Lipinski definition) is 3. The molecule has 1 aliphatic heterocycles. The van der Waals surface area contributed by atoms with Crippen LogP contribution >= 0.6 is 0 Å². The number of para-hydroxylation sites is 1.